The molecule has 0 radical (unpaired) electrons. The molecule has 0 aliphatic carbocycles. The summed E-state index contributed by atoms with van der Waals surface area (Å²) in [6, 6.07) is 9.55. The maximum Gasteiger partial charge on any atom is 0.251 e. The molecule has 0 spiro atoms. The number of nitrogens with one attached hydrogen (secondary N) is 1. The number of carbonyl (C=O) groups excluding carboxylic acids is 2. The van der Waals surface area contributed by atoms with Gasteiger partial charge in [-0.25, -0.2) is 0 Å². The van der Waals surface area contributed by atoms with Crippen molar-refractivity contribution in [1.29, 1.82) is 0 Å². The summed E-state index contributed by atoms with van der Waals surface area (Å²) < 4.78 is 5.12. The van der Waals surface area contributed by atoms with Crippen molar-refractivity contribution in [2.75, 3.05) is 39.9 Å². The zero-order chi connectivity index (χ0) is 18.2. The minimum Gasteiger partial charge on any atom is -0.385 e. The van der Waals surface area contributed by atoms with E-state index >= 15 is 0 Å². The molecule has 1 aromatic rings. The van der Waals surface area contributed by atoms with Gasteiger partial charge in [0, 0.05) is 51.0 Å². The second-order valence-corrected chi connectivity index (χ2v) is 6.63. The highest BCUT2D eigenvalue weighted by atomic mass is 16.5. The van der Waals surface area contributed by atoms with Gasteiger partial charge in [0.25, 0.3) is 5.91 Å². The number of hydrogen-bond acceptors (Lipinski definition) is 4. The molecule has 1 aliphatic heterocycles. The Labute approximate surface area is 150 Å². The normalized spacial score (nSPS) is 21.2. The summed E-state index contributed by atoms with van der Waals surface area (Å²) >= 11 is 0. The van der Waals surface area contributed by atoms with E-state index in [4.69, 9.17) is 4.74 Å². The van der Waals surface area contributed by atoms with Crippen LogP contribution in [0.3, 0.4) is 0 Å². The minimum absolute atomic E-state index is 0.0282. The monoisotopic (exact) mass is 347 g/mol. The van der Waals surface area contributed by atoms with Crippen molar-refractivity contribution in [3.8, 4) is 0 Å². The van der Waals surface area contributed by atoms with Crippen LogP contribution < -0.4 is 5.32 Å². The maximum absolute atomic E-state index is 12.5. The summed E-state index contributed by atoms with van der Waals surface area (Å²) in [5.74, 6) is -0.243. The summed E-state index contributed by atoms with van der Waals surface area (Å²) in [5, 5.41) is 2.72. The summed E-state index contributed by atoms with van der Waals surface area (Å²) in [7, 11) is 1.72. The van der Waals surface area contributed by atoms with Crippen molar-refractivity contribution in [2.24, 2.45) is 0 Å². The molecule has 138 valence electrons. The molecule has 1 heterocycles. The van der Waals surface area contributed by atoms with Crippen molar-refractivity contribution in [3.63, 3.8) is 0 Å². The lowest BCUT2D eigenvalue weighted by Crippen LogP contribution is -2.59. The summed E-state index contributed by atoms with van der Waals surface area (Å²) in [6.07, 6.45) is 0.992. The maximum atomic E-state index is 12.5. The molecule has 0 saturated carbocycles. The predicted octanol–water partition coefficient (Wildman–Crippen LogP) is 1.37. The van der Waals surface area contributed by atoms with E-state index in [0.717, 1.165) is 19.6 Å². The Morgan fingerprint density at radius 2 is 1.80 bits per heavy atom. The molecule has 2 atom stereocenters. The van der Waals surface area contributed by atoms with E-state index in [1.165, 1.54) is 0 Å². The van der Waals surface area contributed by atoms with Crippen LogP contribution in [0.25, 0.3) is 0 Å². The van der Waals surface area contributed by atoms with Gasteiger partial charge in [-0.3, -0.25) is 14.5 Å². The number of hydrogen-bond donors (Lipinski definition) is 1. The van der Waals surface area contributed by atoms with Gasteiger partial charge in [-0.15, -0.1) is 0 Å². The first-order chi connectivity index (χ1) is 12.0. The molecular weight excluding hydrogens is 318 g/mol. The van der Waals surface area contributed by atoms with E-state index < -0.39 is 0 Å². The highest BCUT2D eigenvalue weighted by Gasteiger charge is 2.31. The van der Waals surface area contributed by atoms with Crippen LogP contribution in [0.2, 0.25) is 0 Å². The first kappa shape index (κ1) is 19.4. The molecule has 2 amide bonds. The van der Waals surface area contributed by atoms with Gasteiger partial charge in [0.2, 0.25) is 5.91 Å². The fourth-order valence-corrected chi connectivity index (χ4v) is 3.35. The van der Waals surface area contributed by atoms with Gasteiger partial charge in [0.1, 0.15) is 0 Å². The molecule has 6 heteroatoms. The molecule has 1 aliphatic rings. The standard InChI is InChI=1S/C19H29N3O3/c1-15-13-21(14-16(2)22(15)10-7-11-25-3)18(23)12-20-19(24)17-8-5-4-6-9-17/h4-6,8-9,15-16H,7,10-14H2,1-3H3,(H,20,24). The van der Waals surface area contributed by atoms with Gasteiger partial charge >= 0.3 is 0 Å². The van der Waals surface area contributed by atoms with Gasteiger partial charge in [-0.05, 0) is 32.4 Å². The Hall–Kier alpha value is -1.92. The van der Waals surface area contributed by atoms with E-state index in [9.17, 15) is 9.59 Å². The molecule has 1 fully saturated rings. The Morgan fingerprint density at radius 3 is 2.40 bits per heavy atom. The average molecular weight is 347 g/mol. The van der Waals surface area contributed by atoms with Crippen LogP contribution in [0.4, 0.5) is 0 Å². The van der Waals surface area contributed by atoms with Crippen LogP contribution >= 0.6 is 0 Å². The Morgan fingerprint density at radius 1 is 1.16 bits per heavy atom. The summed E-state index contributed by atoms with van der Waals surface area (Å²) in [4.78, 5) is 28.8. The van der Waals surface area contributed by atoms with E-state index in [1.54, 1.807) is 19.2 Å². The third-order valence-electron chi connectivity index (χ3n) is 4.66. The fourth-order valence-electron chi connectivity index (χ4n) is 3.35. The van der Waals surface area contributed by atoms with Gasteiger partial charge in [0.05, 0.1) is 6.54 Å². The number of nitrogens with zero attached hydrogens (tertiary/aromatic N) is 2. The number of amides is 2. The molecule has 0 bridgehead atoms. The number of ether oxygens (including phenoxy) is 1. The zero-order valence-corrected chi connectivity index (χ0v) is 15.4. The molecule has 0 aromatic heterocycles. The van der Waals surface area contributed by atoms with E-state index in [1.807, 2.05) is 23.1 Å². The van der Waals surface area contributed by atoms with Crippen molar-refractivity contribution in [1.82, 2.24) is 15.1 Å². The number of carbonyl (C=O) groups is 2. The van der Waals surface area contributed by atoms with E-state index in [2.05, 4.69) is 24.1 Å². The summed E-state index contributed by atoms with van der Waals surface area (Å²) in [6.45, 7) is 7.44. The van der Waals surface area contributed by atoms with Crippen LogP contribution in [0.15, 0.2) is 30.3 Å². The Bertz CT molecular complexity index is 552. The van der Waals surface area contributed by atoms with Crippen LogP contribution in [0.1, 0.15) is 30.6 Å². The lowest BCUT2D eigenvalue weighted by molar-refractivity contribution is -0.134. The molecule has 2 unspecified atom stereocenters. The molecule has 6 nitrogen and oxygen atoms in total. The van der Waals surface area contributed by atoms with Crippen molar-refractivity contribution in [3.05, 3.63) is 35.9 Å². The van der Waals surface area contributed by atoms with Gasteiger partial charge in [0.15, 0.2) is 0 Å². The number of rotatable bonds is 7. The molecular formula is C19H29N3O3. The number of benzene rings is 1. The minimum atomic E-state index is -0.215. The van der Waals surface area contributed by atoms with Gasteiger partial charge in [-0.2, -0.15) is 0 Å². The smallest absolute Gasteiger partial charge is 0.251 e. The van der Waals surface area contributed by atoms with Crippen LogP contribution in [-0.4, -0.2) is 73.6 Å². The molecule has 25 heavy (non-hydrogen) atoms. The molecule has 1 N–H and O–H groups in total. The lowest BCUT2D eigenvalue weighted by atomic mass is 10.1. The van der Waals surface area contributed by atoms with Crippen molar-refractivity contribution >= 4 is 11.8 Å². The second kappa shape index (κ2) is 9.53. The first-order valence-corrected chi connectivity index (χ1v) is 8.88. The van der Waals surface area contributed by atoms with Crippen molar-refractivity contribution in [2.45, 2.75) is 32.4 Å². The Balaban J connectivity index is 1.82. The largest absolute Gasteiger partial charge is 0.385 e. The van der Waals surface area contributed by atoms with Crippen LogP contribution in [0.5, 0.6) is 0 Å². The SMILES string of the molecule is COCCCN1C(C)CN(C(=O)CNC(=O)c2ccccc2)CC1C. The number of methoxy groups -OCH3 is 1. The second-order valence-electron chi connectivity index (χ2n) is 6.63. The average Bonchev–Trinajstić information content (AvgIpc) is 2.62. The molecule has 1 aromatic carbocycles. The topological polar surface area (TPSA) is 61.9 Å². The van der Waals surface area contributed by atoms with Gasteiger partial charge in [-0.1, -0.05) is 18.2 Å². The van der Waals surface area contributed by atoms with Gasteiger partial charge < -0.3 is 15.0 Å². The van der Waals surface area contributed by atoms with E-state index in [0.29, 0.717) is 30.7 Å². The number of piperazine rings is 1. The molecule has 1 saturated heterocycles. The summed E-state index contributed by atoms with van der Waals surface area (Å²) in [5.41, 5.74) is 0.569. The zero-order valence-electron chi connectivity index (χ0n) is 15.4. The third kappa shape index (κ3) is 5.54. The third-order valence-corrected chi connectivity index (χ3v) is 4.66. The highest BCUT2D eigenvalue weighted by molar-refractivity contribution is 5.96. The van der Waals surface area contributed by atoms with E-state index in [-0.39, 0.29) is 18.4 Å². The predicted molar refractivity (Wildman–Crippen MR) is 97.5 cm³/mol. The van der Waals surface area contributed by atoms with Crippen LogP contribution in [-0.2, 0) is 9.53 Å². The first-order valence-electron chi connectivity index (χ1n) is 8.88. The Kier molecular flexibility index (Phi) is 7.40. The van der Waals surface area contributed by atoms with Crippen LogP contribution in [0, 0.1) is 0 Å². The quantitative estimate of drug-likeness (QED) is 0.757. The highest BCUT2D eigenvalue weighted by Crippen LogP contribution is 2.16. The lowest BCUT2D eigenvalue weighted by Gasteiger charge is -2.44. The van der Waals surface area contributed by atoms with Crippen molar-refractivity contribution < 1.29 is 14.3 Å². The molecule has 2 rings (SSSR count). The fraction of sp³-hybridized carbons (Fsp3) is 0.579.